The third-order valence-electron chi connectivity index (χ3n) is 3.95. The average molecular weight is 364 g/mol. The van der Waals surface area contributed by atoms with E-state index in [0.29, 0.717) is 11.1 Å². The SMILES string of the molecule is Cc1ccc(C(=O)NCC(=O)NCc2ccc(C(F)(F)F)cc2)cc1C. The van der Waals surface area contributed by atoms with Crippen molar-refractivity contribution < 1.29 is 22.8 Å². The van der Waals surface area contributed by atoms with Gasteiger partial charge >= 0.3 is 6.18 Å². The van der Waals surface area contributed by atoms with Crippen LogP contribution in [0.15, 0.2) is 42.5 Å². The smallest absolute Gasteiger partial charge is 0.350 e. The maximum absolute atomic E-state index is 12.5. The van der Waals surface area contributed by atoms with Gasteiger partial charge in [0.25, 0.3) is 5.91 Å². The summed E-state index contributed by atoms with van der Waals surface area (Å²) >= 11 is 0. The first kappa shape index (κ1) is 19.5. The molecule has 0 radical (unpaired) electrons. The van der Waals surface area contributed by atoms with E-state index in [-0.39, 0.29) is 19.0 Å². The quantitative estimate of drug-likeness (QED) is 0.855. The van der Waals surface area contributed by atoms with Crippen LogP contribution in [-0.2, 0) is 17.5 Å². The first-order valence-corrected chi connectivity index (χ1v) is 7.95. The number of amides is 2. The maximum Gasteiger partial charge on any atom is 0.416 e. The molecular formula is C19H19F3N2O2. The Hall–Kier alpha value is -2.83. The summed E-state index contributed by atoms with van der Waals surface area (Å²) in [5.41, 5.74) is 2.30. The molecule has 2 N–H and O–H groups in total. The fourth-order valence-electron chi connectivity index (χ4n) is 2.22. The Morgan fingerprint density at radius 2 is 1.58 bits per heavy atom. The second kappa shape index (κ2) is 8.03. The molecule has 2 amide bonds. The summed E-state index contributed by atoms with van der Waals surface area (Å²) in [6.45, 7) is 3.69. The normalized spacial score (nSPS) is 11.1. The van der Waals surface area contributed by atoms with Crippen molar-refractivity contribution in [2.24, 2.45) is 0 Å². The van der Waals surface area contributed by atoms with Gasteiger partial charge < -0.3 is 10.6 Å². The van der Waals surface area contributed by atoms with Crippen molar-refractivity contribution in [3.05, 3.63) is 70.3 Å². The molecule has 2 aromatic carbocycles. The first-order chi connectivity index (χ1) is 12.2. The molecule has 0 aliphatic heterocycles. The summed E-state index contributed by atoms with van der Waals surface area (Å²) in [5, 5.41) is 5.06. The highest BCUT2D eigenvalue weighted by molar-refractivity contribution is 5.96. The molecule has 7 heteroatoms. The van der Waals surface area contributed by atoms with Gasteiger partial charge in [-0.3, -0.25) is 9.59 Å². The minimum Gasteiger partial charge on any atom is -0.350 e. The Kier molecular flexibility index (Phi) is 6.02. The number of carbonyl (C=O) groups is 2. The van der Waals surface area contributed by atoms with E-state index in [0.717, 1.165) is 23.3 Å². The van der Waals surface area contributed by atoms with Gasteiger partial charge in [-0.15, -0.1) is 0 Å². The molecule has 2 aromatic rings. The third kappa shape index (κ3) is 5.34. The Balaban J connectivity index is 1.81. The van der Waals surface area contributed by atoms with E-state index in [1.807, 2.05) is 19.9 Å². The highest BCUT2D eigenvalue weighted by Gasteiger charge is 2.29. The molecule has 0 heterocycles. The molecule has 0 aliphatic rings. The van der Waals surface area contributed by atoms with Gasteiger partial charge in [0.1, 0.15) is 0 Å². The largest absolute Gasteiger partial charge is 0.416 e. The summed E-state index contributed by atoms with van der Waals surface area (Å²) in [5.74, 6) is -0.792. The zero-order chi connectivity index (χ0) is 19.3. The summed E-state index contributed by atoms with van der Waals surface area (Å²) in [6, 6.07) is 9.77. The lowest BCUT2D eigenvalue weighted by atomic mass is 10.1. The number of hydrogen-bond acceptors (Lipinski definition) is 2. The zero-order valence-electron chi connectivity index (χ0n) is 14.4. The van der Waals surface area contributed by atoms with Crippen molar-refractivity contribution in [3.63, 3.8) is 0 Å². The lowest BCUT2D eigenvalue weighted by molar-refractivity contribution is -0.137. The number of carbonyl (C=O) groups excluding carboxylic acids is 2. The lowest BCUT2D eigenvalue weighted by Crippen LogP contribution is -2.36. The Morgan fingerprint density at radius 3 is 2.15 bits per heavy atom. The van der Waals surface area contributed by atoms with E-state index in [4.69, 9.17) is 0 Å². The van der Waals surface area contributed by atoms with Crippen molar-refractivity contribution in [1.29, 1.82) is 0 Å². The number of halogens is 3. The molecule has 0 aromatic heterocycles. The molecule has 0 saturated carbocycles. The molecular weight excluding hydrogens is 345 g/mol. The Morgan fingerprint density at radius 1 is 0.923 bits per heavy atom. The van der Waals surface area contributed by atoms with Crippen molar-refractivity contribution in [1.82, 2.24) is 10.6 Å². The van der Waals surface area contributed by atoms with Gasteiger partial charge in [0.15, 0.2) is 0 Å². The minimum absolute atomic E-state index is 0.0798. The number of rotatable bonds is 5. The van der Waals surface area contributed by atoms with Gasteiger partial charge in [-0.2, -0.15) is 13.2 Å². The molecule has 0 aliphatic carbocycles. The summed E-state index contributed by atoms with van der Waals surface area (Å²) in [6.07, 6.45) is -4.39. The van der Waals surface area contributed by atoms with Crippen molar-refractivity contribution >= 4 is 11.8 Å². The highest BCUT2D eigenvalue weighted by Crippen LogP contribution is 2.29. The molecule has 0 bridgehead atoms. The fourth-order valence-corrected chi connectivity index (χ4v) is 2.22. The van der Waals surface area contributed by atoms with Crippen molar-refractivity contribution in [2.75, 3.05) is 6.54 Å². The molecule has 0 fully saturated rings. The summed E-state index contributed by atoms with van der Waals surface area (Å²) in [7, 11) is 0. The standard InChI is InChI=1S/C19H19F3N2O2/c1-12-3-6-15(9-13(12)2)18(26)24-11-17(25)23-10-14-4-7-16(8-5-14)19(20,21)22/h3-9H,10-11H2,1-2H3,(H,23,25)(H,24,26). The van der Waals surface area contributed by atoms with Crippen LogP contribution in [0, 0.1) is 13.8 Å². The van der Waals surface area contributed by atoms with Gasteiger partial charge in [0, 0.05) is 12.1 Å². The summed E-state index contributed by atoms with van der Waals surface area (Å²) in [4.78, 5) is 23.8. The second-order valence-electron chi connectivity index (χ2n) is 5.95. The van der Waals surface area contributed by atoms with E-state index < -0.39 is 17.6 Å². The predicted octanol–water partition coefficient (Wildman–Crippen LogP) is 3.37. The number of aryl methyl sites for hydroxylation is 2. The Labute approximate surface area is 149 Å². The van der Waals surface area contributed by atoms with E-state index in [1.54, 1.807) is 12.1 Å². The van der Waals surface area contributed by atoms with E-state index >= 15 is 0 Å². The van der Waals surface area contributed by atoms with Crippen molar-refractivity contribution in [2.45, 2.75) is 26.6 Å². The first-order valence-electron chi connectivity index (χ1n) is 7.95. The average Bonchev–Trinajstić information content (AvgIpc) is 2.59. The predicted molar refractivity (Wildman–Crippen MR) is 91.5 cm³/mol. The van der Waals surface area contributed by atoms with Crippen LogP contribution in [0.3, 0.4) is 0 Å². The van der Waals surface area contributed by atoms with Crippen LogP contribution in [0.4, 0.5) is 13.2 Å². The van der Waals surface area contributed by atoms with Crippen LogP contribution in [-0.4, -0.2) is 18.4 Å². The Bertz CT molecular complexity index is 799. The van der Waals surface area contributed by atoms with E-state index in [2.05, 4.69) is 10.6 Å². The topological polar surface area (TPSA) is 58.2 Å². The van der Waals surface area contributed by atoms with Gasteiger partial charge in [0.2, 0.25) is 5.91 Å². The third-order valence-corrected chi connectivity index (χ3v) is 3.95. The number of hydrogen-bond donors (Lipinski definition) is 2. The van der Waals surface area contributed by atoms with Gasteiger partial charge in [-0.1, -0.05) is 18.2 Å². The lowest BCUT2D eigenvalue weighted by Gasteiger charge is -2.10. The minimum atomic E-state index is -4.39. The van der Waals surface area contributed by atoms with Crippen LogP contribution >= 0.6 is 0 Å². The monoisotopic (exact) mass is 364 g/mol. The molecule has 0 spiro atoms. The molecule has 2 rings (SSSR count). The van der Waals surface area contributed by atoms with Crippen LogP contribution in [0.25, 0.3) is 0 Å². The highest BCUT2D eigenvalue weighted by atomic mass is 19.4. The van der Waals surface area contributed by atoms with Crippen LogP contribution in [0.1, 0.15) is 32.6 Å². The van der Waals surface area contributed by atoms with Gasteiger partial charge in [-0.05, 0) is 54.8 Å². The van der Waals surface area contributed by atoms with Gasteiger partial charge in [0.05, 0.1) is 12.1 Å². The number of alkyl halides is 3. The maximum atomic E-state index is 12.5. The van der Waals surface area contributed by atoms with Crippen LogP contribution in [0.5, 0.6) is 0 Å². The molecule has 0 unspecified atom stereocenters. The molecule has 26 heavy (non-hydrogen) atoms. The molecule has 4 nitrogen and oxygen atoms in total. The van der Waals surface area contributed by atoms with Crippen LogP contribution in [0.2, 0.25) is 0 Å². The van der Waals surface area contributed by atoms with Gasteiger partial charge in [-0.25, -0.2) is 0 Å². The van der Waals surface area contributed by atoms with Crippen LogP contribution < -0.4 is 10.6 Å². The molecule has 138 valence electrons. The zero-order valence-corrected chi connectivity index (χ0v) is 14.4. The molecule has 0 atom stereocenters. The van der Waals surface area contributed by atoms with Crippen molar-refractivity contribution in [3.8, 4) is 0 Å². The summed E-state index contributed by atoms with van der Waals surface area (Å²) < 4.78 is 37.5. The molecule has 0 saturated heterocycles. The van der Waals surface area contributed by atoms with E-state index in [9.17, 15) is 22.8 Å². The number of benzene rings is 2. The second-order valence-corrected chi connectivity index (χ2v) is 5.95. The van der Waals surface area contributed by atoms with E-state index in [1.165, 1.54) is 12.1 Å². The fraction of sp³-hybridized carbons (Fsp3) is 0.263. The number of nitrogens with one attached hydrogen (secondary N) is 2.